The van der Waals surface area contributed by atoms with Crippen LogP contribution in [0.5, 0.6) is 0 Å². The van der Waals surface area contributed by atoms with E-state index in [1.54, 1.807) is 24.9 Å². The van der Waals surface area contributed by atoms with Crippen LogP contribution in [0, 0.1) is 17.2 Å². The lowest BCUT2D eigenvalue weighted by Gasteiger charge is -2.26. The van der Waals surface area contributed by atoms with E-state index in [-0.39, 0.29) is 11.9 Å². The van der Waals surface area contributed by atoms with Crippen molar-refractivity contribution < 1.29 is 4.79 Å². The third kappa shape index (κ3) is 3.21. The molecule has 2 unspecified atom stereocenters. The summed E-state index contributed by atoms with van der Waals surface area (Å²) in [5.74, 6) is -0.804. The maximum Gasteiger partial charge on any atom is 0.239 e. The second-order valence-electron chi connectivity index (χ2n) is 4.03. The minimum absolute atomic E-state index is 0.100. The number of benzene rings is 1. The van der Waals surface area contributed by atoms with Crippen LogP contribution in [0.4, 0.5) is 0 Å². The predicted octanol–water partition coefficient (Wildman–Crippen LogP) is 3.02. The quantitative estimate of drug-likeness (QED) is 0.828. The molecule has 3 nitrogen and oxygen atoms in total. The second kappa shape index (κ2) is 5.70. The third-order valence-electron chi connectivity index (χ3n) is 2.82. The van der Waals surface area contributed by atoms with Gasteiger partial charge >= 0.3 is 0 Å². The summed E-state index contributed by atoms with van der Waals surface area (Å²) in [5.41, 5.74) is 0.957. The molecule has 0 aliphatic carbocycles. The van der Waals surface area contributed by atoms with Crippen molar-refractivity contribution in [2.45, 2.75) is 19.9 Å². The fraction of sp³-hybridized carbons (Fsp3) is 0.385. The average Bonchev–Trinajstić information content (AvgIpc) is 2.35. The van der Waals surface area contributed by atoms with Gasteiger partial charge in [0.15, 0.2) is 0 Å². The molecule has 0 bridgehead atoms. The Morgan fingerprint density at radius 2 is 2.12 bits per heavy atom. The van der Waals surface area contributed by atoms with Gasteiger partial charge in [-0.25, -0.2) is 0 Å². The lowest BCUT2D eigenvalue weighted by molar-refractivity contribution is -0.133. The summed E-state index contributed by atoms with van der Waals surface area (Å²) in [6, 6.07) is 9.22. The maximum absolute atomic E-state index is 11.8. The van der Waals surface area contributed by atoms with Gasteiger partial charge in [0.2, 0.25) is 5.91 Å². The Morgan fingerprint density at radius 3 is 2.65 bits per heavy atom. The van der Waals surface area contributed by atoms with Gasteiger partial charge in [-0.15, -0.1) is 0 Å². The van der Waals surface area contributed by atoms with E-state index in [2.05, 4.69) is 0 Å². The summed E-state index contributed by atoms with van der Waals surface area (Å²) in [7, 11) is 1.70. The highest BCUT2D eigenvalue weighted by Crippen LogP contribution is 2.22. The van der Waals surface area contributed by atoms with E-state index in [0.29, 0.717) is 5.02 Å². The molecule has 2 atom stereocenters. The van der Waals surface area contributed by atoms with Crippen molar-refractivity contribution in [1.82, 2.24) is 4.90 Å². The van der Waals surface area contributed by atoms with Gasteiger partial charge in [-0.2, -0.15) is 5.26 Å². The molecule has 4 heteroatoms. The first-order valence-electron chi connectivity index (χ1n) is 5.39. The topological polar surface area (TPSA) is 44.1 Å². The molecule has 0 saturated carbocycles. The predicted molar refractivity (Wildman–Crippen MR) is 67.4 cm³/mol. The Hall–Kier alpha value is -1.53. The van der Waals surface area contributed by atoms with Crippen LogP contribution in [0.2, 0.25) is 5.02 Å². The van der Waals surface area contributed by atoms with Gasteiger partial charge in [0.25, 0.3) is 0 Å². The Labute approximate surface area is 107 Å². The molecule has 0 heterocycles. The largest absolute Gasteiger partial charge is 0.338 e. The molecule has 90 valence electrons. The summed E-state index contributed by atoms with van der Waals surface area (Å²) in [6.45, 7) is 3.51. The first-order chi connectivity index (χ1) is 7.97. The SMILES string of the molecule is CC(C#N)C(=O)N(C)C(C)c1cccc(Cl)c1. The Kier molecular flexibility index (Phi) is 4.53. The molecule has 0 N–H and O–H groups in total. The summed E-state index contributed by atoms with van der Waals surface area (Å²) < 4.78 is 0. The van der Waals surface area contributed by atoms with Crippen LogP contribution < -0.4 is 0 Å². The number of halogens is 1. The molecule has 0 spiro atoms. The van der Waals surface area contributed by atoms with Crippen LogP contribution in [0.1, 0.15) is 25.5 Å². The van der Waals surface area contributed by atoms with E-state index < -0.39 is 5.92 Å². The fourth-order valence-corrected chi connectivity index (χ4v) is 1.74. The van der Waals surface area contributed by atoms with Gasteiger partial charge in [0.05, 0.1) is 12.1 Å². The molecule has 1 amide bonds. The Bertz CT molecular complexity index is 453. The number of nitrogens with zero attached hydrogens (tertiary/aromatic N) is 2. The minimum atomic E-state index is -0.623. The van der Waals surface area contributed by atoms with E-state index in [4.69, 9.17) is 16.9 Å². The van der Waals surface area contributed by atoms with E-state index >= 15 is 0 Å². The lowest BCUT2D eigenvalue weighted by Crippen LogP contribution is -2.33. The molecule has 0 aliphatic rings. The van der Waals surface area contributed by atoms with Crippen LogP contribution in [0.25, 0.3) is 0 Å². The van der Waals surface area contributed by atoms with E-state index in [1.165, 1.54) is 0 Å². The van der Waals surface area contributed by atoms with Gasteiger partial charge in [-0.3, -0.25) is 4.79 Å². The average molecular weight is 251 g/mol. The van der Waals surface area contributed by atoms with Crippen LogP contribution in [-0.2, 0) is 4.79 Å². The van der Waals surface area contributed by atoms with Crippen molar-refractivity contribution in [2.24, 2.45) is 5.92 Å². The van der Waals surface area contributed by atoms with E-state index in [9.17, 15) is 4.79 Å². The number of hydrogen-bond acceptors (Lipinski definition) is 2. The highest BCUT2D eigenvalue weighted by Gasteiger charge is 2.22. The van der Waals surface area contributed by atoms with Crippen molar-refractivity contribution in [3.05, 3.63) is 34.9 Å². The van der Waals surface area contributed by atoms with Gasteiger partial charge < -0.3 is 4.90 Å². The van der Waals surface area contributed by atoms with Crippen LogP contribution in [0.15, 0.2) is 24.3 Å². The van der Waals surface area contributed by atoms with E-state index in [0.717, 1.165) is 5.56 Å². The Balaban J connectivity index is 2.87. The summed E-state index contributed by atoms with van der Waals surface area (Å²) >= 11 is 5.91. The molecular formula is C13H15ClN2O. The molecule has 1 aromatic carbocycles. The van der Waals surface area contributed by atoms with Crippen molar-refractivity contribution >= 4 is 17.5 Å². The zero-order valence-electron chi connectivity index (χ0n) is 10.1. The fourth-order valence-electron chi connectivity index (χ4n) is 1.54. The van der Waals surface area contributed by atoms with Crippen LogP contribution >= 0.6 is 11.6 Å². The number of amides is 1. The molecule has 1 rings (SSSR count). The first kappa shape index (κ1) is 13.5. The van der Waals surface area contributed by atoms with Crippen LogP contribution in [0.3, 0.4) is 0 Å². The Morgan fingerprint density at radius 1 is 1.47 bits per heavy atom. The van der Waals surface area contributed by atoms with Gasteiger partial charge in [-0.1, -0.05) is 23.7 Å². The van der Waals surface area contributed by atoms with E-state index in [1.807, 2.05) is 31.2 Å². The monoisotopic (exact) mass is 250 g/mol. The number of carbonyl (C=O) groups is 1. The van der Waals surface area contributed by atoms with Crippen LogP contribution in [-0.4, -0.2) is 17.9 Å². The van der Waals surface area contributed by atoms with Gasteiger partial charge in [0.1, 0.15) is 5.92 Å². The molecule has 0 radical (unpaired) electrons. The standard InChI is InChI=1S/C13H15ClN2O/c1-9(8-15)13(17)16(3)10(2)11-5-4-6-12(14)7-11/h4-7,9-10H,1-3H3. The van der Waals surface area contributed by atoms with Crippen molar-refractivity contribution in [3.8, 4) is 6.07 Å². The summed E-state index contributed by atoms with van der Waals surface area (Å²) in [5, 5.41) is 9.37. The van der Waals surface area contributed by atoms with Crippen molar-refractivity contribution in [1.29, 1.82) is 5.26 Å². The zero-order chi connectivity index (χ0) is 13.0. The first-order valence-corrected chi connectivity index (χ1v) is 5.77. The number of nitriles is 1. The number of hydrogen-bond donors (Lipinski definition) is 0. The maximum atomic E-state index is 11.8. The summed E-state index contributed by atoms with van der Waals surface area (Å²) in [6.07, 6.45) is 0. The normalized spacial score (nSPS) is 13.6. The van der Waals surface area contributed by atoms with Crippen molar-refractivity contribution in [2.75, 3.05) is 7.05 Å². The highest BCUT2D eigenvalue weighted by atomic mass is 35.5. The summed E-state index contributed by atoms with van der Waals surface area (Å²) in [4.78, 5) is 13.4. The smallest absolute Gasteiger partial charge is 0.239 e. The molecule has 0 aromatic heterocycles. The minimum Gasteiger partial charge on any atom is -0.338 e. The lowest BCUT2D eigenvalue weighted by atomic mass is 10.1. The van der Waals surface area contributed by atoms with Gasteiger partial charge in [-0.05, 0) is 31.5 Å². The molecule has 0 aliphatic heterocycles. The zero-order valence-corrected chi connectivity index (χ0v) is 10.9. The molecule has 1 aromatic rings. The highest BCUT2D eigenvalue weighted by molar-refractivity contribution is 6.30. The molecule has 17 heavy (non-hydrogen) atoms. The number of carbonyl (C=O) groups excluding carboxylic acids is 1. The van der Waals surface area contributed by atoms with Gasteiger partial charge in [0, 0.05) is 12.1 Å². The third-order valence-corrected chi connectivity index (χ3v) is 3.06. The molecule has 0 saturated heterocycles. The molecular weight excluding hydrogens is 236 g/mol. The second-order valence-corrected chi connectivity index (χ2v) is 4.47. The molecule has 0 fully saturated rings. The van der Waals surface area contributed by atoms with Crippen molar-refractivity contribution in [3.63, 3.8) is 0 Å². The number of rotatable bonds is 3.